The molecule has 0 saturated heterocycles. The van der Waals surface area contributed by atoms with Crippen LogP contribution in [0.2, 0.25) is 0 Å². The Balaban J connectivity index is 5.56. The third kappa shape index (κ3) is 5.37. The Kier molecular flexibility index (Phi) is 6.81. The van der Waals surface area contributed by atoms with Crippen LogP contribution in [0.4, 0.5) is 0 Å². The maximum Gasteiger partial charge on any atom is 0.470 e. The van der Waals surface area contributed by atoms with Crippen LogP contribution in [-0.2, 0) is 13.9 Å². The van der Waals surface area contributed by atoms with Crippen LogP contribution in [0.15, 0.2) is 11.6 Å². The molecule has 0 rings (SSSR count). The van der Waals surface area contributed by atoms with Gasteiger partial charge >= 0.3 is 13.8 Å². The number of hydrogen-bond donors (Lipinski definition) is 6. The Morgan fingerprint density at radius 1 is 1.26 bits per heavy atom. The largest absolute Gasteiger partial charge is 0.478 e. The van der Waals surface area contributed by atoms with E-state index in [0.29, 0.717) is 0 Å². The molecule has 0 saturated carbocycles. The maximum atomic E-state index is 10.8. The van der Waals surface area contributed by atoms with Crippen LogP contribution in [0.3, 0.4) is 0 Å². The molecule has 6 N–H and O–H groups in total. The van der Waals surface area contributed by atoms with Crippen LogP contribution < -0.4 is 0 Å². The van der Waals surface area contributed by atoms with Crippen LogP contribution in [0.1, 0.15) is 6.92 Å². The van der Waals surface area contributed by atoms with Gasteiger partial charge in [0.25, 0.3) is 0 Å². The second-order valence-electron chi connectivity index (χ2n) is 4.01. The minimum Gasteiger partial charge on any atom is -0.478 e. The molecule has 0 aromatic heterocycles. The van der Waals surface area contributed by atoms with Crippen molar-refractivity contribution in [3.05, 3.63) is 11.6 Å². The van der Waals surface area contributed by atoms with Gasteiger partial charge in [0.05, 0.1) is 25.2 Å². The highest BCUT2D eigenvalue weighted by Gasteiger charge is 2.41. The number of carboxylic acid groups (broad SMARTS) is 1. The zero-order valence-corrected chi connectivity index (χ0v) is 11.0. The van der Waals surface area contributed by atoms with Crippen molar-refractivity contribution in [2.45, 2.75) is 13.0 Å². The lowest BCUT2D eigenvalue weighted by atomic mass is 9.83. The van der Waals surface area contributed by atoms with E-state index in [2.05, 4.69) is 4.52 Å². The summed E-state index contributed by atoms with van der Waals surface area (Å²) in [6.45, 7) is -1.47. The second kappa shape index (κ2) is 7.11. The SMILES string of the molecule is CC(=CC(OP(=O)(O)O)C(CO)(CO)CO)C(=O)O. The molecule has 0 aromatic carbocycles. The van der Waals surface area contributed by atoms with Gasteiger partial charge in [0.15, 0.2) is 0 Å². The second-order valence-corrected chi connectivity index (χ2v) is 5.20. The normalized spacial score (nSPS) is 15.4. The molecule has 1 unspecified atom stereocenters. The monoisotopic (exact) mass is 300 g/mol. The summed E-state index contributed by atoms with van der Waals surface area (Å²) in [6, 6.07) is 0. The van der Waals surface area contributed by atoms with Crippen LogP contribution in [0.25, 0.3) is 0 Å². The number of aliphatic hydroxyl groups is 3. The van der Waals surface area contributed by atoms with Crippen molar-refractivity contribution < 1.29 is 44.1 Å². The first-order valence-corrected chi connectivity index (χ1v) is 6.63. The standard InChI is InChI=1S/C9H17O9P/c1-6(8(13)14)2-7(18-19(15,16)17)9(3-10,4-11)5-12/h2,7,10-12H,3-5H2,1H3,(H,13,14)(H2,15,16,17). The van der Waals surface area contributed by atoms with E-state index in [0.717, 1.165) is 13.0 Å². The summed E-state index contributed by atoms with van der Waals surface area (Å²) in [5.41, 5.74) is -2.14. The lowest BCUT2D eigenvalue weighted by Crippen LogP contribution is -2.45. The van der Waals surface area contributed by atoms with Crippen molar-refractivity contribution >= 4 is 13.8 Å². The third-order valence-corrected chi connectivity index (χ3v) is 3.04. The quantitative estimate of drug-likeness (QED) is 0.230. The number of phosphoric acid groups is 1. The van der Waals surface area contributed by atoms with Crippen molar-refractivity contribution in [2.24, 2.45) is 5.41 Å². The summed E-state index contributed by atoms with van der Waals surface area (Å²) >= 11 is 0. The van der Waals surface area contributed by atoms with Gasteiger partial charge in [-0.25, -0.2) is 9.36 Å². The first kappa shape index (κ1) is 18.2. The summed E-state index contributed by atoms with van der Waals surface area (Å²) in [6.07, 6.45) is -0.867. The molecule has 0 aliphatic heterocycles. The smallest absolute Gasteiger partial charge is 0.470 e. The van der Waals surface area contributed by atoms with E-state index in [-0.39, 0.29) is 5.57 Å². The first-order valence-electron chi connectivity index (χ1n) is 5.10. The number of carboxylic acids is 1. The predicted octanol–water partition coefficient (Wildman–Crippen LogP) is -1.54. The van der Waals surface area contributed by atoms with E-state index in [4.69, 9.17) is 30.2 Å². The van der Waals surface area contributed by atoms with E-state index < -0.39 is 45.1 Å². The topological polar surface area (TPSA) is 165 Å². The highest BCUT2D eigenvalue weighted by atomic mass is 31.2. The molecule has 0 bridgehead atoms. The zero-order chi connectivity index (χ0) is 15.3. The molecule has 0 aromatic rings. The molecule has 10 heteroatoms. The first-order chi connectivity index (χ1) is 8.61. The average Bonchev–Trinajstić information content (AvgIpc) is 2.29. The lowest BCUT2D eigenvalue weighted by Gasteiger charge is -2.34. The van der Waals surface area contributed by atoms with Crippen molar-refractivity contribution in [3.8, 4) is 0 Å². The molecule has 19 heavy (non-hydrogen) atoms. The fourth-order valence-corrected chi connectivity index (χ4v) is 1.77. The van der Waals surface area contributed by atoms with Crippen LogP contribution in [0.5, 0.6) is 0 Å². The van der Waals surface area contributed by atoms with Gasteiger partial charge in [0.1, 0.15) is 6.10 Å². The van der Waals surface area contributed by atoms with E-state index >= 15 is 0 Å². The Labute approximate surface area is 109 Å². The van der Waals surface area contributed by atoms with Crippen molar-refractivity contribution in [2.75, 3.05) is 19.8 Å². The molecule has 0 heterocycles. The molecule has 0 fully saturated rings. The van der Waals surface area contributed by atoms with Gasteiger partial charge in [0, 0.05) is 5.57 Å². The van der Waals surface area contributed by atoms with Crippen molar-refractivity contribution in [1.29, 1.82) is 0 Å². The molecule has 112 valence electrons. The number of rotatable bonds is 8. The van der Waals surface area contributed by atoms with Crippen molar-refractivity contribution in [1.82, 2.24) is 0 Å². The molecule has 1 atom stereocenters. The maximum absolute atomic E-state index is 10.8. The number of aliphatic carboxylic acids is 1. The molecule has 0 spiro atoms. The summed E-state index contributed by atoms with van der Waals surface area (Å²) < 4.78 is 15.2. The Hall–Kier alpha value is -0.800. The Morgan fingerprint density at radius 2 is 1.68 bits per heavy atom. The summed E-state index contributed by atoms with van der Waals surface area (Å²) in [5, 5.41) is 36.2. The third-order valence-electron chi connectivity index (χ3n) is 2.54. The van der Waals surface area contributed by atoms with Gasteiger partial charge in [-0.15, -0.1) is 0 Å². The van der Waals surface area contributed by atoms with E-state index in [9.17, 15) is 9.36 Å². The molecular weight excluding hydrogens is 283 g/mol. The van der Waals surface area contributed by atoms with Gasteiger partial charge in [-0.1, -0.05) is 0 Å². The number of aliphatic hydroxyl groups excluding tert-OH is 3. The van der Waals surface area contributed by atoms with E-state index in [1.165, 1.54) is 0 Å². The van der Waals surface area contributed by atoms with Gasteiger partial charge in [-0.3, -0.25) is 4.52 Å². The molecular formula is C9H17O9P. The molecule has 9 nitrogen and oxygen atoms in total. The average molecular weight is 300 g/mol. The highest BCUT2D eigenvalue weighted by molar-refractivity contribution is 7.46. The molecule has 0 radical (unpaired) electrons. The van der Waals surface area contributed by atoms with E-state index in [1.807, 2.05) is 0 Å². The minimum atomic E-state index is -5.02. The summed E-state index contributed by atoms with van der Waals surface area (Å²) in [7, 11) is -5.02. The van der Waals surface area contributed by atoms with Gasteiger partial charge in [-0.05, 0) is 13.0 Å². The highest BCUT2D eigenvalue weighted by Crippen LogP contribution is 2.42. The Bertz CT molecular complexity index is 373. The van der Waals surface area contributed by atoms with Gasteiger partial charge < -0.3 is 30.2 Å². The fraction of sp³-hybridized carbons (Fsp3) is 0.667. The van der Waals surface area contributed by atoms with Crippen LogP contribution >= 0.6 is 7.82 Å². The summed E-state index contributed by atoms with van der Waals surface area (Å²) in [5.74, 6) is -1.37. The Morgan fingerprint density at radius 3 is 1.95 bits per heavy atom. The molecule has 0 aliphatic carbocycles. The van der Waals surface area contributed by atoms with Gasteiger partial charge in [-0.2, -0.15) is 0 Å². The molecule has 0 amide bonds. The van der Waals surface area contributed by atoms with Crippen LogP contribution in [-0.4, -0.2) is 62.1 Å². The lowest BCUT2D eigenvalue weighted by molar-refractivity contribution is -0.132. The van der Waals surface area contributed by atoms with Gasteiger partial charge in [0.2, 0.25) is 0 Å². The number of carbonyl (C=O) groups is 1. The molecule has 0 aliphatic rings. The predicted molar refractivity (Wildman–Crippen MR) is 62.0 cm³/mol. The van der Waals surface area contributed by atoms with Crippen LogP contribution in [0, 0.1) is 5.41 Å². The summed E-state index contributed by atoms with van der Waals surface area (Å²) in [4.78, 5) is 28.2. The number of hydrogen-bond acceptors (Lipinski definition) is 6. The van der Waals surface area contributed by atoms with E-state index in [1.54, 1.807) is 0 Å². The minimum absolute atomic E-state index is 0.321. The number of phosphoric ester groups is 1. The zero-order valence-electron chi connectivity index (χ0n) is 10.1. The fourth-order valence-electron chi connectivity index (χ4n) is 1.19. The van der Waals surface area contributed by atoms with Crippen molar-refractivity contribution in [3.63, 3.8) is 0 Å².